The Kier molecular flexibility index (Phi) is 4.35. The summed E-state index contributed by atoms with van der Waals surface area (Å²) in [5.74, 6) is 0.786. The summed E-state index contributed by atoms with van der Waals surface area (Å²) in [5, 5.41) is 0. The van der Waals surface area contributed by atoms with Crippen LogP contribution in [0.25, 0.3) is 0 Å². The number of nitrogens with one attached hydrogen (secondary N) is 1. The van der Waals surface area contributed by atoms with E-state index in [4.69, 9.17) is 4.98 Å². The average Bonchev–Trinajstić information content (AvgIpc) is 2.50. The summed E-state index contributed by atoms with van der Waals surface area (Å²) in [5.41, 5.74) is 5.62. The highest BCUT2D eigenvalue weighted by Gasteiger charge is 2.24. The molecule has 4 heteroatoms. The molecule has 3 rings (SSSR count). The van der Waals surface area contributed by atoms with E-state index in [9.17, 15) is 4.79 Å². The fraction of sp³-hybridized carbons (Fsp3) is 0.500. The zero-order chi connectivity index (χ0) is 17.5. The monoisotopic (exact) mass is 325 g/mol. The van der Waals surface area contributed by atoms with Crippen molar-refractivity contribution in [3.05, 3.63) is 62.3 Å². The van der Waals surface area contributed by atoms with Gasteiger partial charge in [0.25, 0.3) is 5.56 Å². The SMILES string of the molecule is Cc1ccc(C)c(CN2CCc3nc(C(C)(C)C)[nH]c(=O)c3C2)c1. The first kappa shape index (κ1) is 16.9. The lowest BCUT2D eigenvalue weighted by atomic mass is 9.94. The molecule has 128 valence electrons. The Bertz CT molecular complexity index is 815. The lowest BCUT2D eigenvalue weighted by molar-refractivity contribution is 0.240. The highest BCUT2D eigenvalue weighted by molar-refractivity contribution is 5.31. The van der Waals surface area contributed by atoms with Crippen molar-refractivity contribution in [3.8, 4) is 0 Å². The Balaban J connectivity index is 1.85. The molecule has 1 aromatic heterocycles. The first-order valence-corrected chi connectivity index (χ1v) is 8.65. The molecular formula is C20H27N3O. The van der Waals surface area contributed by atoms with Gasteiger partial charge in [0.2, 0.25) is 0 Å². The Morgan fingerprint density at radius 2 is 2.00 bits per heavy atom. The maximum atomic E-state index is 12.5. The molecular weight excluding hydrogens is 298 g/mol. The summed E-state index contributed by atoms with van der Waals surface area (Å²) >= 11 is 0. The van der Waals surface area contributed by atoms with Gasteiger partial charge in [0.05, 0.1) is 11.3 Å². The minimum absolute atomic E-state index is 0.0237. The maximum Gasteiger partial charge on any atom is 0.255 e. The molecule has 0 spiro atoms. The summed E-state index contributed by atoms with van der Waals surface area (Å²) in [6.45, 7) is 13.0. The van der Waals surface area contributed by atoms with Crippen LogP contribution in [0.5, 0.6) is 0 Å². The molecule has 0 unspecified atom stereocenters. The van der Waals surface area contributed by atoms with E-state index in [1.54, 1.807) is 0 Å². The van der Waals surface area contributed by atoms with Crippen LogP contribution in [-0.2, 0) is 24.9 Å². The fourth-order valence-electron chi connectivity index (χ4n) is 3.18. The van der Waals surface area contributed by atoms with Gasteiger partial charge in [0.1, 0.15) is 5.82 Å². The van der Waals surface area contributed by atoms with Crippen LogP contribution in [0.1, 0.15) is 54.5 Å². The molecule has 0 aliphatic carbocycles. The van der Waals surface area contributed by atoms with Crippen LogP contribution in [0, 0.1) is 13.8 Å². The molecule has 1 aliphatic rings. The van der Waals surface area contributed by atoms with Crippen molar-refractivity contribution in [1.29, 1.82) is 0 Å². The molecule has 4 nitrogen and oxygen atoms in total. The minimum atomic E-state index is -0.135. The molecule has 0 saturated carbocycles. The number of H-pyrrole nitrogens is 1. The summed E-state index contributed by atoms with van der Waals surface area (Å²) in [4.78, 5) is 22.6. The van der Waals surface area contributed by atoms with Gasteiger partial charge in [-0.2, -0.15) is 0 Å². The number of fused-ring (bicyclic) bond motifs is 1. The Labute approximate surface area is 143 Å². The third kappa shape index (κ3) is 3.44. The molecule has 1 aromatic carbocycles. The van der Waals surface area contributed by atoms with Crippen LogP contribution < -0.4 is 5.56 Å². The van der Waals surface area contributed by atoms with Crippen molar-refractivity contribution in [2.24, 2.45) is 0 Å². The second-order valence-electron chi connectivity index (χ2n) is 7.98. The van der Waals surface area contributed by atoms with E-state index in [1.807, 2.05) is 0 Å². The number of aromatic nitrogens is 2. The molecule has 2 heterocycles. The van der Waals surface area contributed by atoms with Crippen LogP contribution in [0.2, 0.25) is 0 Å². The first-order chi connectivity index (χ1) is 11.2. The molecule has 2 aromatic rings. The van der Waals surface area contributed by atoms with E-state index in [0.29, 0.717) is 6.54 Å². The standard InChI is InChI=1S/C20H27N3O/c1-13-6-7-14(2)15(10-13)11-23-9-8-17-16(12-23)18(24)22-19(21-17)20(3,4)5/h6-7,10H,8-9,11-12H2,1-5H3,(H,21,22,24). The number of rotatable bonds is 2. The van der Waals surface area contributed by atoms with Crippen LogP contribution in [0.3, 0.4) is 0 Å². The average molecular weight is 325 g/mol. The van der Waals surface area contributed by atoms with Gasteiger partial charge in [-0.25, -0.2) is 4.98 Å². The van der Waals surface area contributed by atoms with Gasteiger partial charge < -0.3 is 4.98 Å². The van der Waals surface area contributed by atoms with Crippen molar-refractivity contribution in [2.75, 3.05) is 6.54 Å². The fourth-order valence-corrected chi connectivity index (χ4v) is 3.18. The van der Waals surface area contributed by atoms with Gasteiger partial charge in [-0.1, -0.05) is 44.5 Å². The number of aryl methyl sites for hydroxylation is 2. The first-order valence-electron chi connectivity index (χ1n) is 8.65. The van der Waals surface area contributed by atoms with Crippen molar-refractivity contribution in [2.45, 2.75) is 59.5 Å². The molecule has 24 heavy (non-hydrogen) atoms. The van der Waals surface area contributed by atoms with Gasteiger partial charge in [0, 0.05) is 31.5 Å². The number of benzene rings is 1. The van der Waals surface area contributed by atoms with E-state index in [0.717, 1.165) is 36.6 Å². The predicted octanol–water partition coefficient (Wildman–Crippen LogP) is 3.24. The maximum absolute atomic E-state index is 12.5. The molecule has 1 N–H and O–H groups in total. The van der Waals surface area contributed by atoms with Crippen LogP contribution >= 0.6 is 0 Å². The van der Waals surface area contributed by atoms with Gasteiger partial charge >= 0.3 is 0 Å². The highest BCUT2D eigenvalue weighted by Crippen LogP contribution is 2.22. The van der Waals surface area contributed by atoms with Crippen molar-refractivity contribution in [1.82, 2.24) is 14.9 Å². The summed E-state index contributed by atoms with van der Waals surface area (Å²) < 4.78 is 0. The Morgan fingerprint density at radius 1 is 1.25 bits per heavy atom. The predicted molar refractivity (Wildman–Crippen MR) is 97.3 cm³/mol. The third-order valence-corrected chi connectivity index (χ3v) is 4.76. The van der Waals surface area contributed by atoms with E-state index >= 15 is 0 Å². The van der Waals surface area contributed by atoms with Crippen molar-refractivity contribution < 1.29 is 0 Å². The summed E-state index contributed by atoms with van der Waals surface area (Å²) in [6, 6.07) is 6.57. The number of hydrogen-bond acceptors (Lipinski definition) is 3. The van der Waals surface area contributed by atoms with Crippen LogP contribution in [-0.4, -0.2) is 21.4 Å². The summed E-state index contributed by atoms with van der Waals surface area (Å²) in [7, 11) is 0. The van der Waals surface area contributed by atoms with E-state index in [1.165, 1.54) is 16.7 Å². The van der Waals surface area contributed by atoms with Gasteiger partial charge in [-0.05, 0) is 25.0 Å². The van der Waals surface area contributed by atoms with Gasteiger partial charge in [-0.3, -0.25) is 9.69 Å². The molecule has 0 radical (unpaired) electrons. The lowest BCUT2D eigenvalue weighted by Crippen LogP contribution is -2.37. The van der Waals surface area contributed by atoms with Crippen LogP contribution in [0.15, 0.2) is 23.0 Å². The molecule has 0 saturated heterocycles. The molecule has 0 fully saturated rings. The second kappa shape index (κ2) is 6.17. The quantitative estimate of drug-likeness (QED) is 0.922. The molecule has 0 amide bonds. The number of aromatic amines is 1. The van der Waals surface area contributed by atoms with E-state index in [-0.39, 0.29) is 11.0 Å². The topological polar surface area (TPSA) is 49.0 Å². The minimum Gasteiger partial charge on any atom is -0.310 e. The third-order valence-electron chi connectivity index (χ3n) is 4.76. The largest absolute Gasteiger partial charge is 0.310 e. The normalized spacial score (nSPS) is 15.4. The molecule has 0 atom stereocenters. The smallest absolute Gasteiger partial charge is 0.255 e. The number of nitrogens with zero attached hydrogens (tertiary/aromatic N) is 2. The van der Waals surface area contributed by atoms with Crippen LogP contribution in [0.4, 0.5) is 0 Å². The van der Waals surface area contributed by atoms with Crippen molar-refractivity contribution >= 4 is 0 Å². The zero-order valence-electron chi connectivity index (χ0n) is 15.4. The lowest BCUT2D eigenvalue weighted by Gasteiger charge is -2.29. The highest BCUT2D eigenvalue weighted by atomic mass is 16.1. The summed E-state index contributed by atoms with van der Waals surface area (Å²) in [6.07, 6.45) is 0.840. The Morgan fingerprint density at radius 3 is 2.71 bits per heavy atom. The van der Waals surface area contributed by atoms with Crippen molar-refractivity contribution in [3.63, 3.8) is 0 Å². The van der Waals surface area contributed by atoms with Gasteiger partial charge in [-0.15, -0.1) is 0 Å². The Hall–Kier alpha value is -1.94. The zero-order valence-corrected chi connectivity index (χ0v) is 15.4. The number of hydrogen-bond donors (Lipinski definition) is 1. The van der Waals surface area contributed by atoms with E-state index in [2.05, 4.69) is 62.7 Å². The molecule has 1 aliphatic heterocycles. The second-order valence-corrected chi connectivity index (χ2v) is 7.98. The van der Waals surface area contributed by atoms with Gasteiger partial charge in [0.15, 0.2) is 0 Å². The van der Waals surface area contributed by atoms with E-state index < -0.39 is 0 Å². The molecule has 0 bridgehead atoms.